The molecule has 1 aromatic rings. The molecule has 24 heavy (non-hydrogen) atoms. The molecule has 1 atom stereocenters. The number of ether oxygens (including phenoxy) is 1. The van der Waals surface area contributed by atoms with Gasteiger partial charge in [-0.1, -0.05) is 29.3 Å². The Balaban J connectivity index is 2.35. The van der Waals surface area contributed by atoms with E-state index in [1.165, 1.54) is 4.90 Å². The van der Waals surface area contributed by atoms with Crippen molar-refractivity contribution in [3.63, 3.8) is 0 Å². The Morgan fingerprint density at radius 2 is 2.00 bits per heavy atom. The molecule has 1 aromatic carbocycles. The van der Waals surface area contributed by atoms with Gasteiger partial charge in [-0.25, -0.2) is 9.59 Å². The van der Waals surface area contributed by atoms with Crippen molar-refractivity contribution in [3.8, 4) is 0 Å². The molecule has 132 valence electrons. The molecule has 7 heteroatoms. The number of carbonyl (C=O) groups excluding carboxylic acids is 1. The lowest BCUT2D eigenvalue weighted by Crippen LogP contribution is -2.55. The van der Waals surface area contributed by atoms with Gasteiger partial charge in [0.2, 0.25) is 0 Å². The molecule has 1 heterocycles. The van der Waals surface area contributed by atoms with Gasteiger partial charge in [0.15, 0.2) is 0 Å². The molecule has 5 nitrogen and oxygen atoms in total. The first-order valence-corrected chi connectivity index (χ1v) is 8.49. The number of carboxylic acid groups (broad SMARTS) is 1. The van der Waals surface area contributed by atoms with Crippen molar-refractivity contribution in [3.05, 3.63) is 33.8 Å². The minimum Gasteiger partial charge on any atom is -0.479 e. The number of carbonyl (C=O) groups is 2. The van der Waals surface area contributed by atoms with Gasteiger partial charge in [-0.05, 0) is 51.3 Å². The fraction of sp³-hybridized carbons (Fsp3) is 0.529. The first kappa shape index (κ1) is 18.9. The summed E-state index contributed by atoms with van der Waals surface area (Å²) in [4.78, 5) is 25.9. The molecule has 1 aliphatic rings. The van der Waals surface area contributed by atoms with Crippen LogP contribution in [-0.4, -0.2) is 39.8 Å². The number of hydrogen-bond acceptors (Lipinski definition) is 3. The van der Waals surface area contributed by atoms with Crippen LogP contribution in [0.3, 0.4) is 0 Å². The highest BCUT2D eigenvalue weighted by Gasteiger charge is 2.51. The monoisotopic (exact) mass is 373 g/mol. The van der Waals surface area contributed by atoms with Crippen molar-refractivity contribution in [1.82, 2.24) is 4.90 Å². The maximum absolute atomic E-state index is 12.5. The van der Waals surface area contributed by atoms with Crippen LogP contribution >= 0.6 is 23.2 Å². The highest BCUT2D eigenvalue weighted by molar-refractivity contribution is 6.35. The van der Waals surface area contributed by atoms with Crippen LogP contribution < -0.4 is 0 Å². The number of amides is 1. The van der Waals surface area contributed by atoms with E-state index in [-0.39, 0.29) is 6.42 Å². The van der Waals surface area contributed by atoms with E-state index >= 15 is 0 Å². The Bertz CT molecular complexity index is 656. The largest absolute Gasteiger partial charge is 0.479 e. The number of benzene rings is 1. The smallest absolute Gasteiger partial charge is 0.411 e. The van der Waals surface area contributed by atoms with E-state index in [9.17, 15) is 14.7 Å². The van der Waals surface area contributed by atoms with E-state index in [2.05, 4.69) is 0 Å². The molecule has 0 unspecified atom stereocenters. The van der Waals surface area contributed by atoms with Gasteiger partial charge in [-0.3, -0.25) is 4.90 Å². The summed E-state index contributed by atoms with van der Waals surface area (Å²) >= 11 is 12.1. The zero-order chi connectivity index (χ0) is 18.1. The average Bonchev–Trinajstić information content (AvgIpc) is 2.85. The molecular formula is C17H21Cl2NO4. The molecule has 0 radical (unpaired) electrons. The number of rotatable bonds is 3. The number of nitrogens with zero attached hydrogens (tertiary/aromatic N) is 1. The van der Waals surface area contributed by atoms with Crippen molar-refractivity contribution >= 4 is 35.3 Å². The van der Waals surface area contributed by atoms with Gasteiger partial charge < -0.3 is 9.84 Å². The van der Waals surface area contributed by atoms with E-state index in [1.54, 1.807) is 39.0 Å². The molecule has 0 spiro atoms. The summed E-state index contributed by atoms with van der Waals surface area (Å²) in [6.45, 7) is 5.59. The predicted molar refractivity (Wildman–Crippen MR) is 92.7 cm³/mol. The van der Waals surface area contributed by atoms with Crippen molar-refractivity contribution in [2.45, 2.75) is 51.2 Å². The van der Waals surface area contributed by atoms with Gasteiger partial charge in [0.1, 0.15) is 11.1 Å². The highest BCUT2D eigenvalue weighted by atomic mass is 35.5. The Kier molecular flexibility index (Phi) is 5.35. The number of halogens is 2. The third-order valence-electron chi connectivity index (χ3n) is 4.00. The fourth-order valence-electron chi connectivity index (χ4n) is 2.92. The van der Waals surface area contributed by atoms with E-state index in [1.807, 2.05) is 0 Å². The van der Waals surface area contributed by atoms with Crippen LogP contribution in [0.1, 0.15) is 39.2 Å². The zero-order valence-electron chi connectivity index (χ0n) is 13.9. The van der Waals surface area contributed by atoms with Crippen LogP contribution in [0.5, 0.6) is 0 Å². The SMILES string of the molecule is CC(C)(C)OC(=O)N1CCC[C@@]1(Cc1ccc(Cl)cc1Cl)C(=O)O. The lowest BCUT2D eigenvalue weighted by atomic mass is 9.88. The van der Waals surface area contributed by atoms with Gasteiger partial charge in [-0.2, -0.15) is 0 Å². The average molecular weight is 374 g/mol. The predicted octanol–water partition coefficient (Wildman–Crippen LogP) is 4.39. The molecule has 1 fully saturated rings. The minimum atomic E-state index is -1.36. The topological polar surface area (TPSA) is 66.8 Å². The van der Waals surface area contributed by atoms with Crippen LogP contribution in [0.15, 0.2) is 18.2 Å². The molecule has 0 saturated carbocycles. The van der Waals surface area contributed by atoms with Crippen molar-refractivity contribution < 1.29 is 19.4 Å². The summed E-state index contributed by atoms with van der Waals surface area (Å²) in [7, 11) is 0. The van der Waals surface area contributed by atoms with Crippen LogP contribution in [0.25, 0.3) is 0 Å². The highest BCUT2D eigenvalue weighted by Crippen LogP contribution is 2.36. The lowest BCUT2D eigenvalue weighted by molar-refractivity contribution is -0.149. The molecular weight excluding hydrogens is 353 g/mol. The van der Waals surface area contributed by atoms with E-state index < -0.39 is 23.2 Å². The third-order valence-corrected chi connectivity index (χ3v) is 4.59. The maximum Gasteiger partial charge on any atom is 0.411 e. The second kappa shape index (κ2) is 6.81. The standard InChI is InChI=1S/C17H21Cl2NO4/c1-16(2,3)24-15(23)20-8-4-7-17(20,14(21)22)10-11-5-6-12(18)9-13(11)19/h5-6,9H,4,7-8,10H2,1-3H3,(H,21,22)/t17-/m1/s1. The van der Waals surface area contributed by atoms with Crippen molar-refractivity contribution in [2.75, 3.05) is 6.54 Å². The summed E-state index contributed by atoms with van der Waals surface area (Å²) < 4.78 is 5.38. The Hall–Kier alpha value is -1.46. The summed E-state index contributed by atoms with van der Waals surface area (Å²) in [5.41, 5.74) is -1.42. The minimum absolute atomic E-state index is 0.109. The normalized spacial score (nSPS) is 21.0. The number of likely N-dealkylation sites (tertiary alicyclic amines) is 1. The van der Waals surface area contributed by atoms with Gasteiger partial charge in [-0.15, -0.1) is 0 Å². The Labute approximate surface area is 151 Å². The van der Waals surface area contributed by atoms with Gasteiger partial charge in [0.05, 0.1) is 0 Å². The third kappa shape index (κ3) is 3.95. The quantitative estimate of drug-likeness (QED) is 0.852. The summed E-state index contributed by atoms with van der Waals surface area (Å²) in [5.74, 6) is -1.06. The van der Waals surface area contributed by atoms with Crippen molar-refractivity contribution in [1.29, 1.82) is 0 Å². The zero-order valence-corrected chi connectivity index (χ0v) is 15.4. The molecule has 1 aliphatic heterocycles. The number of hydrogen-bond donors (Lipinski definition) is 1. The second-order valence-electron chi connectivity index (χ2n) is 6.98. The fourth-order valence-corrected chi connectivity index (χ4v) is 3.40. The molecule has 1 N–H and O–H groups in total. The van der Waals surface area contributed by atoms with Gasteiger partial charge >= 0.3 is 12.1 Å². The summed E-state index contributed by atoms with van der Waals surface area (Å²) in [5, 5.41) is 10.7. The van der Waals surface area contributed by atoms with Gasteiger partial charge in [0.25, 0.3) is 0 Å². The maximum atomic E-state index is 12.5. The molecule has 0 aliphatic carbocycles. The number of aliphatic carboxylic acids is 1. The molecule has 0 aromatic heterocycles. The van der Waals surface area contributed by atoms with Crippen LogP contribution in [-0.2, 0) is 16.0 Å². The summed E-state index contributed by atoms with van der Waals surface area (Å²) in [6.07, 6.45) is 0.432. The van der Waals surface area contributed by atoms with Gasteiger partial charge in [0, 0.05) is 23.0 Å². The first-order chi connectivity index (χ1) is 11.0. The van der Waals surface area contributed by atoms with Crippen molar-refractivity contribution in [2.24, 2.45) is 0 Å². The molecule has 2 rings (SSSR count). The molecule has 1 amide bonds. The Morgan fingerprint density at radius 1 is 1.33 bits per heavy atom. The van der Waals surface area contributed by atoms with Crippen LogP contribution in [0.2, 0.25) is 10.0 Å². The van der Waals surface area contributed by atoms with E-state index in [0.29, 0.717) is 35.0 Å². The second-order valence-corrected chi connectivity index (χ2v) is 7.83. The Morgan fingerprint density at radius 3 is 2.54 bits per heavy atom. The lowest BCUT2D eigenvalue weighted by Gasteiger charge is -2.36. The molecule has 1 saturated heterocycles. The number of carboxylic acids is 1. The summed E-state index contributed by atoms with van der Waals surface area (Å²) in [6, 6.07) is 4.92. The van der Waals surface area contributed by atoms with E-state index in [0.717, 1.165) is 0 Å². The van der Waals surface area contributed by atoms with Crippen LogP contribution in [0.4, 0.5) is 4.79 Å². The molecule has 0 bridgehead atoms. The first-order valence-electron chi connectivity index (χ1n) is 7.73. The van der Waals surface area contributed by atoms with E-state index in [4.69, 9.17) is 27.9 Å². The van der Waals surface area contributed by atoms with Crippen LogP contribution in [0, 0.1) is 0 Å².